The predicted molar refractivity (Wildman–Crippen MR) is 166 cm³/mol. The van der Waals surface area contributed by atoms with Gasteiger partial charge in [-0.2, -0.15) is 5.26 Å². The van der Waals surface area contributed by atoms with E-state index < -0.39 is 18.9 Å². The van der Waals surface area contributed by atoms with E-state index in [9.17, 15) is 23.6 Å². The Labute approximate surface area is 251 Å². The number of ether oxygens (including phenoxy) is 1. The zero-order chi connectivity index (χ0) is 32.9. The molecule has 0 bridgehead atoms. The van der Waals surface area contributed by atoms with E-state index in [-0.39, 0.29) is 36.9 Å². The Morgan fingerprint density at radius 1 is 1.10 bits per heavy atom. The summed E-state index contributed by atoms with van der Waals surface area (Å²) < 4.78 is 30.3. The van der Waals surface area contributed by atoms with Crippen LogP contribution in [0.25, 0.3) is 11.3 Å². The minimum Gasteiger partial charge on any atom is -0.383 e. The number of methoxy groups -OCH3 is 1. The second-order valence-corrected chi connectivity index (χ2v) is 7.54. The van der Waals surface area contributed by atoms with Gasteiger partial charge in [0.15, 0.2) is 11.5 Å². The average molecular weight is 596 g/mol. The molecule has 10 nitrogen and oxygen atoms in total. The van der Waals surface area contributed by atoms with Crippen LogP contribution in [0.15, 0.2) is 24.7 Å². The first-order chi connectivity index (χ1) is 20.4. The van der Waals surface area contributed by atoms with E-state index in [4.69, 9.17) is 4.74 Å². The molecular weight excluding hydrogens is 544 g/mol. The second kappa shape index (κ2) is 28.8. The van der Waals surface area contributed by atoms with Crippen LogP contribution in [0.5, 0.6) is 0 Å². The van der Waals surface area contributed by atoms with Crippen molar-refractivity contribution in [3.05, 3.63) is 30.4 Å². The number of nitrogens with one attached hydrogen (secondary N) is 2. The molecule has 0 aromatic carbocycles. The third-order valence-corrected chi connectivity index (χ3v) is 4.72. The van der Waals surface area contributed by atoms with Gasteiger partial charge in [0.1, 0.15) is 6.07 Å². The molecule has 1 fully saturated rings. The molecule has 3 rings (SSSR count). The lowest BCUT2D eigenvalue weighted by molar-refractivity contribution is -0.131. The van der Waals surface area contributed by atoms with Gasteiger partial charge in [0.2, 0.25) is 12.3 Å². The number of carbonyl (C=O) groups excluding carboxylic acids is 2. The number of amides is 2. The highest BCUT2D eigenvalue weighted by molar-refractivity contribution is 5.82. The van der Waals surface area contributed by atoms with Gasteiger partial charge in [-0.25, -0.2) is 18.7 Å². The number of hydrogen-bond acceptors (Lipinski definition) is 8. The lowest BCUT2D eigenvalue weighted by Crippen LogP contribution is -2.40. The molecular formula is C30H51F2N7O3. The van der Waals surface area contributed by atoms with Gasteiger partial charge >= 0.3 is 0 Å². The largest absolute Gasteiger partial charge is 0.383 e. The smallest absolute Gasteiger partial charge is 0.255 e. The van der Waals surface area contributed by atoms with Gasteiger partial charge < -0.3 is 20.3 Å². The maximum Gasteiger partial charge on any atom is 0.255 e. The zero-order valence-electron chi connectivity index (χ0n) is 27.0. The van der Waals surface area contributed by atoms with Gasteiger partial charge in [-0.3, -0.25) is 14.6 Å². The summed E-state index contributed by atoms with van der Waals surface area (Å²) in [5.74, 6) is 0.764. The standard InChI is InChI=1S/C18H19F2N7O3.C4H8.4C2H6/c1-30-3-2-27(10-16(19)20)18(29)9-24-13-4-12(6-22-14(13)5-21)15-7-25-17(8-23-15)26-11-28;1-4-2-3-4;4*1-2/h4,6-8,11,16,24H,2-3,9-10H2,1H3,(H,25,26,28);4H,2-3H2,1H3;4*1-2H3. The van der Waals surface area contributed by atoms with Crippen LogP contribution >= 0.6 is 0 Å². The molecule has 0 spiro atoms. The number of nitriles is 1. The fourth-order valence-corrected chi connectivity index (χ4v) is 2.58. The number of carbonyl (C=O) groups is 2. The van der Waals surface area contributed by atoms with Gasteiger partial charge in [0.25, 0.3) is 6.43 Å². The maximum atomic E-state index is 12.7. The van der Waals surface area contributed by atoms with Crippen LogP contribution < -0.4 is 10.6 Å². The van der Waals surface area contributed by atoms with Gasteiger partial charge in [-0.15, -0.1) is 0 Å². The number of alkyl halides is 2. The van der Waals surface area contributed by atoms with Crippen molar-refractivity contribution in [2.45, 2.75) is 81.6 Å². The van der Waals surface area contributed by atoms with E-state index in [1.54, 1.807) is 6.07 Å². The van der Waals surface area contributed by atoms with Crippen molar-refractivity contribution < 1.29 is 23.1 Å². The molecule has 2 N–H and O–H groups in total. The van der Waals surface area contributed by atoms with Gasteiger partial charge in [-0.05, 0) is 12.0 Å². The SMILES string of the molecule is CC.CC.CC.CC.CC1CC1.COCCN(CC(F)F)C(=O)CNc1cc(-c2cnc(NC=O)cn2)cnc1C#N. The highest BCUT2D eigenvalue weighted by Gasteiger charge is 2.18. The van der Waals surface area contributed by atoms with Crippen molar-refractivity contribution in [2.75, 3.05) is 44.0 Å². The summed E-state index contributed by atoms with van der Waals surface area (Å²) in [6, 6.07) is 3.44. The Kier molecular flexibility index (Phi) is 29.3. The van der Waals surface area contributed by atoms with Crippen molar-refractivity contribution in [1.29, 1.82) is 5.26 Å². The Hall–Kier alpha value is -3.72. The summed E-state index contributed by atoms with van der Waals surface area (Å²) in [4.78, 5) is 35.9. The highest BCUT2D eigenvalue weighted by Crippen LogP contribution is 2.26. The van der Waals surface area contributed by atoms with Gasteiger partial charge in [0.05, 0.1) is 43.5 Å². The second-order valence-electron chi connectivity index (χ2n) is 7.54. The molecule has 0 saturated heterocycles. The van der Waals surface area contributed by atoms with Crippen LogP contribution in [0.3, 0.4) is 0 Å². The molecule has 12 heteroatoms. The summed E-state index contributed by atoms with van der Waals surface area (Å²) in [7, 11) is 1.41. The summed E-state index contributed by atoms with van der Waals surface area (Å²) in [6.45, 7) is 17.4. The first-order valence-electron chi connectivity index (χ1n) is 14.6. The Morgan fingerprint density at radius 3 is 2.12 bits per heavy atom. The fourth-order valence-electron chi connectivity index (χ4n) is 2.58. The monoisotopic (exact) mass is 595 g/mol. The molecule has 1 aliphatic carbocycles. The van der Waals surface area contributed by atoms with E-state index in [1.807, 2.05) is 61.5 Å². The minimum absolute atomic E-state index is 0.0154. The summed E-state index contributed by atoms with van der Waals surface area (Å²) >= 11 is 0. The molecule has 2 aromatic heterocycles. The number of anilines is 2. The summed E-state index contributed by atoms with van der Waals surface area (Å²) in [5, 5.41) is 14.4. The normalized spacial score (nSPS) is 10.5. The molecule has 0 radical (unpaired) electrons. The Bertz CT molecular complexity index is 984. The van der Waals surface area contributed by atoms with E-state index >= 15 is 0 Å². The van der Waals surface area contributed by atoms with E-state index in [0.717, 1.165) is 10.8 Å². The first-order valence-corrected chi connectivity index (χ1v) is 14.6. The van der Waals surface area contributed by atoms with E-state index in [2.05, 4.69) is 32.5 Å². The fraction of sp³-hybridized carbons (Fsp3) is 0.600. The molecule has 0 aliphatic heterocycles. The number of aromatic nitrogens is 3. The number of hydrogen-bond donors (Lipinski definition) is 2. The number of pyridine rings is 1. The van der Waals surface area contributed by atoms with Crippen LogP contribution in [0.2, 0.25) is 0 Å². The minimum atomic E-state index is -2.68. The average Bonchev–Trinajstić information content (AvgIpc) is 3.84. The summed E-state index contributed by atoms with van der Waals surface area (Å²) in [6.07, 6.45) is 4.91. The van der Waals surface area contributed by atoms with Crippen molar-refractivity contribution in [3.8, 4) is 17.3 Å². The zero-order valence-corrected chi connectivity index (χ0v) is 27.0. The molecule has 1 aliphatic rings. The molecule has 0 atom stereocenters. The topological polar surface area (TPSA) is 133 Å². The number of nitrogens with zero attached hydrogens (tertiary/aromatic N) is 5. The molecule has 2 heterocycles. The van der Waals surface area contributed by atoms with Crippen molar-refractivity contribution >= 4 is 23.8 Å². The van der Waals surface area contributed by atoms with Crippen molar-refractivity contribution in [1.82, 2.24) is 19.9 Å². The van der Waals surface area contributed by atoms with Crippen LogP contribution in [-0.2, 0) is 14.3 Å². The Balaban J connectivity index is -0.00000109. The lowest BCUT2D eigenvalue weighted by Gasteiger charge is -2.22. The van der Waals surface area contributed by atoms with Crippen LogP contribution in [0.4, 0.5) is 20.3 Å². The molecule has 2 aromatic rings. The Morgan fingerprint density at radius 2 is 1.69 bits per heavy atom. The quantitative estimate of drug-likeness (QED) is 0.276. The van der Waals surface area contributed by atoms with Crippen molar-refractivity contribution in [3.63, 3.8) is 0 Å². The molecule has 1 saturated carbocycles. The number of rotatable bonds is 11. The van der Waals surface area contributed by atoms with Gasteiger partial charge in [-0.1, -0.05) is 75.2 Å². The highest BCUT2D eigenvalue weighted by atomic mass is 19.3. The van der Waals surface area contributed by atoms with E-state index in [0.29, 0.717) is 17.7 Å². The van der Waals surface area contributed by atoms with Crippen LogP contribution in [0.1, 0.15) is 80.8 Å². The van der Waals surface area contributed by atoms with E-state index in [1.165, 1.54) is 38.5 Å². The molecule has 238 valence electrons. The third kappa shape index (κ3) is 19.4. The molecule has 0 unspecified atom stereocenters. The maximum absolute atomic E-state index is 12.7. The molecule has 2 amide bonds. The first kappa shape index (κ1) is 42.7. The number of halogens is 2. The predicted octanol–water partition coefficient (Wildman–Crippen LogP) is 6.65. The lowest BCUT2D eigenvalue weighted by atomic mass is 10.1. The van der Waals surface area contributed by atoms with Gasteiger partial charge in [0, 0.05) is 25.4 Å². The molecule has 42 heavy (non-hydrogen) atoms. The van der Waals surface area contributed by atoms with Crippen molar-refractivity contribution in [2.24, 2.45) is 5.92 Å². The van der Waals surface area contributed by atoms with Crippen LogP contribution in [-0.4, -0.2) is 71.9 Å². The third-order valence-electron chi connectivity index (χ3n) is 4.72. The summed E-state index contributed by atoms with van der Waals surface area (Å²) in [5.41, 5.74) is 1.18. The van der Waals surface area contributed by atoms with Crippen LogP contribution in [0, 0.1) is 17.2 Å².